The number of nitrogens with zero attached hydrogens (tertiary/aromatic N) is 1. The molecule has 1 heterocycles. The van der Waals surface area contributed by atoms with E-state index in [4.69, 9.17) is 9.47 Å². The number of allylic oxidation sites excluding steroid dienone is 2. The van der Waals surface area contributed by atoms with Gasteiger partial charge in [0.2, 0.25) is 5.88 Å². The summed E-state index contributed by atoms with van der Waals surface area (Å²) in [5.74, 6) is 1.14. The van der Waals surface area contributed by atoms with Crippen molar-refractivity contribution in [1.82, 2.24) is 4.98 Å². The third kappa shape index (κ3) is 3.56. The summed E-state index contributed by atoms with van der Waals surface area (Å²) >= 11 is 0. The van der Waals surface area contributed by atoms with Gasteiger partial charge in [-0.15, -0.1) is 0 Å². The lowest BCUT2D eigenvalue weighted by Crippen LogP contribution is -2.21. The molecule has 2 unspecified atom stereocenters. The quantitative estimate of drug-likeness (QED) is 0.617. The first kappa shape index (κ1) is 13.6. The SMILES string of the molecule is COc1ccc(C(=O)OCC2CC=CCC2C)cn1. The fourth-order valence-electron chi connectivity index (χ4n) is 2.13. The summed E-state index contributed by atoms with van der Waals surface area (Å²) in [4.78, 5) is 15.9. The third-order valence-electron chi connectivity index (χ3n) is 3.53. The molecule has 0 N–H and O–H groups in total. The van der Waals surface area contributed by atoms with Crippen LogP contribution in [0.1, 0.15) is 30.1 Å². The molecule has 0 spiro atoms. The van der Waals surface area contributed by atoms with Crippen molar-refractivity contribution in [3.05, 3.63) is 36.0 Å². The molecule has 1 aromatic rings. The molecular weight excluding hydrogens is 242 g/mol. The van der Waals surface area contributed by atoms with E-state index < -0.39 is 0 Å². The maximum absolute atomic E-state index is 11.9. The molecule has 4 heteroatoms. The van der Waals surface area contributed by atoms with Gasteiger partial charge in [0.15, 0.2) is 0 Å². The number of rotatable bonds is 4. The maximum Gasteiger partial charge on any atom is 0.339 e. The van der Waals surface area contributed by atoms with Crippen LogP contribution >= 0.6 is 0 Å². The Balaban J connectivity index is 1.88. The van der Waals surface area contributed by atoms with E-state index >= 15 is 0 Å². The van der Waals surface area contributed by atoms with E-state index in [2.05, 4.69) is 24.1 Å². The second kappa shape index (κ2) is 6.36. The Morgan fingerprint density at radius 2 is 2.16 bits per heavy atom. The molecule has 1 aromatic heterocycles. The Morgan fingerprint density at radius 1 is 1.37 bits per heavy atom. The Labute approximate surface area is 113 Å². The van der Waals surface area contributed by atoms with Crippen LogP contribution in [0.3, 0.4) is 0 Å². The van der Waals surface area contributed by atoms with Crippen molar-refractivity contribution in [3.63, 3.8) is 0 Å². The van der Waals surface area contributed by atoms with Gasteiger partial charge in [-0.2, -0.15) is 0 Å². The van der Waals surface area contributed by atoms with Crippen LogP contribution in [0.4, 0.5) is 0 Å². The lowest BCUT2D eigenvalue weighted by Gasteiger charge is -2.24. The molecule has 102 valence electrons. The molecule has 0 aromatic carbocycles. The summed E-state index contributed by atoms with van der Waals surface area (Å²) in [5.41, 5.74) is 0.458. The lowest BCUT2D eigenvalue weighted by atomic mass is 9.85. The minimum absolute atomic E-state index is 0.322. The van der Waals surface area contributed by atoms with Crippen molar-refractivity contribution >= 4 is 5.97 Å². The zero-order chi connectivity index (χ0) is 13.7. The number of pyridine rings is 1. The molecule has 0 radical (unpaired) electrons. The van der Waals surface area contributed by atoms with Crippen LogP contribution in [0.2, 0.25) is 0 Å². The average Bonchev–Trinajstić information content (AvgIpc) is 2.46. The van der Waals surface area contributed by atoms with E-state index in [-0.39, 0.29) is 5.97 Å². The maximum atomic E-state index is 11.9. The Kier molecular flexibility index (Phi) is 4.55. The molecule has 0 amide bonds. The smallest absolute Gasteiger partial charge is 0.339 e. The van der Waals surface area contributed by atoms with Crippen LogP contribution in [0.5, 0.6) is 5.88 Å². The van der Waals surface area contributed by atoms with Crippen molar-refractivity contribution < 1.29 is 14.3 Å². The van der Waals surface area contributed by atoms with E-state index in [9.17, 15) is 4.79 Å². The van der Waals surface area contributed by atoms with E-state index in [1.807, 2.05) is 0 Å². The molecular formula is C15H19NO3. The first-order valence-corrected chi connectivity index (χ1v) is 6.53. The highest BCUT2D eigenvalue weighted by Gasteiger charge is 2.20. The summed E-state index contributed by atoms with van der Waals surface area (Å²) in [5, 5.41) is 0. The molecule has 2 atom stereocenters. The summed E-state index contributed by atoms with van der Waals surface area (Å²) in [6.07, 6.45) is 7.87. The zero-order valence-corrected chi connectivity index (χ0v) is 11.3. The van der Waals surface area contributed by atoms with Crippen molar-refractivity contribution in [2.45, 2.75) is 19.8 Å². The molecule has 1 aliphatic carbocycles. The Hall–Kier alpha value is -1.84. The fourth-order valence-corrected chi connectivity index (χ4v) is 2.13. The van der Waals surface area contributed by atoms with E-state index in [0.29, 0.717) is 29.9 Å². The highest BCUT2D eigenvalue weighted by Crippen LogP contribution is 2.25. The van der Waals surface area contributed by atoms with Crippen LogP contribution in [-0.2, 0) is 4.74 Å². The summed E-state index contributed by atoms with van der Waals surface area (Å²) in [6, 6.07) is 3.32. The van der Waals surface area contributed by atoms with Gasteiger partial charge in [-0.1, -0.05) is 19.1 Å². The molecule has 0 aliphatic heterocycles. The number of carbonyl (C=O) groups is 1. The van der Waals surface area contributed by atoms with Gasteiger partial charge in [-0.25, -0.2) is 9.78 Å². The summed E-state index contributed by atoms with van der Waals surface area (Å²) in [6.45, 7) is 2.66. The minimum Gasteiger partial charge on any atom is -0.481 e. The van der Waals surface area contributed by atoms with Crippen LogP contribution in [0, 0.1) is 11.8 Å². The first-order valence-electron chi connectivity index (χ1n) is 6.53. The fraction of sp³-hybridized carbons (Fsp3) is 0.467. The van der Waals surface area contributed by atoms with Crippen LogP contribution in [0.25, 0.3) is 0 Å². The van der Waals surface area contributed by atoms with Gasteiger partial charge in [0.1, 0.15) is 0 Å². The van der Waals surface area contributed by atoms with Gasteiger partial charge in [0.05, 0.1) is 19.3 Å². The lowest BCUT2D eigenvalue weighted by molar-refractivity contribution is 0.0395. The normalized spacial score (nSPS) is 22.0. The average molecular weight is 261 g/mol. The summed E-state index contributed by atoms with van der Waals surface area (Å²) in [7, 11) is 1.54. The molecule has 0 saturated carbocycles. The first-order chi connectivity index (χ1) is 9.20. The standard InChI is InChI=1S/C15H19NO3/c1-11-5-3-4-6-13(11)10-19-15(17)12-7-8-14(18-2)16-9-12/h3-4,7-9,11,13H,5-6,10H2,1-2H3. The number of hydrogen-bond donors (Lipinski definition) is 0. The van der Waals surface area contributed by atoms with Crippen molar-refractivity contribution in [3.8, 4) is 5.88 Å². The number of methoxy groups -OCH3 is 1. The Bertz CT molecular complexity index is 453. The van der Waals surface area contributed by atoms with Crippen molar-refractivity contribution in [2.24, 2.45) is 11.8 Å². The van der Waals surface area contributed by atoms with Crippen LogP contribution in [-0.4, -0.2) is 24.7 Å². The number of ether oxygens (including phenoxy) is 2. The topological polar surface area (TPSA) is 48.4 Å². The second-order valence-electron chi connectivity index (χ2n) is 4.87. The minimum atomic E-state index is -0.322. The molecule has 2 rings (SSSR count). The van der Waals surface area contributed by atoms with Crippen LogP contribution < -0.4 is 4.74 Å². The number of hydrogen-bond acceptors (Lipinski definition) is 4. The van der Waals surface area contributed by atoms with E-state index in [1.165, 1.54) is 13.3 Å². The zero-order valence-electron chi connectivity index (χ0n) is 11.3. The molecule has 0 fully saturated rings. The monoisotopic (exact) mass is 261 g/mol. The number of esters is 1. The largest absolute Gasteiger partial charge is 0.481 e. The number of carbonyl (C=O) groups excluding carboxylic acids is 1. The molecule has 0 bridgehead atoms. The van der Waals surface area contributed by atoms with Gasteiger partial charge in [0.25, 0.3) is 0 Å². The second-order valence-corrected chi connectivity index (χ2v) is 4.87. The highest BCUT2D eigenvalue weighted by molar-refractivity contribution is 5.89. The predicted molar refractivity (Wildman–Crippen MR) is 72.1 cm³/mol. The third-order valence-corrected chi connectivity index (χ3v) is 3.53. The number of aromatic nitrogens is 1. The van der Waals surface area contributed by atoms with Gasteiger partial charge >= 0.3 is 5.97 Å². The van der Waals surface area contributed by atoms with Crippen LogP contribution in [0.15, 0.2) is 30.5 Å². The predicted octanol–water partition coefficient (Wildman–Crippen LogP) is 2.85. The van der Waals surface area contributed by atoms with Gasteiger partial charge in [0, 0.05) is 12.3 Å². The molecule has 4 nitrogen and oxygen atoms in total. The van der Waals surface area contributed by atoms with Gasteiger partial charge in [-0.3, -0.25) is 0 Å². The van der Waals surface area contributed by atoms with E-state index in [1.54, 1.807) is 12.1 Å². The highest BCUT2D eigenvalue weighted by atomic mass is 16.5. The Morgan fingerprint density at radius 3 is 2.79 bits per heavy atom. The summed E-state index contributed by atoms with van der Waals surface area (Å²) < 4.78 is 10.3. The molecule has 0 saturated heterocycles. The van der Waals surface area contributed by atoms with Crippen molar-refractivity contribution in [1.29, 1.82) is 0 Å². The van der Waals surface area contributed by atoms with Crippen molar-refractivity contribution in [2.75, 3.05) is 13.7 Å². The molecule has 1 aliphatic rings. The molecule has 19 heavy (non-hydrogen) atoms. The van der Waals surface area contributed by atoms with Gasteiger partial charge < -0.3 is 9.47 Å². The van der Waals surface area contributed by atoms with Gasteiger partial charge in [-0.05, 0) is 30.7 Å². The van der Waals surface area contributed by atoms with E-state index in [0.717, 1.165) is 12.8 Å².